The molecule has 0 aromatic heterocycles. The van der Waals surface area contributed by atoms with Gasteiger partial charge in [-0.1, -0.05) is 53.0 Å². The van der Waals surface area contributed by atoms with E-state index in [0.29, 0.717) is 12.0 Å². The zero-order valence-corrected chi connectivity index (χ0v) is 11.8. The Labute approximate surface area is 121 Å². The summed E-state index contributed by atoms with van der Waals surface area (Å²) in [6.45, 7) is 0.862. The van der Waals surface area contributed by atoms with Crippen molar-refractivity contribution in [3.63, 3.8) is 0 Å². The zero-order valence-electron chi connectivity index (χ0n) is 9.57. The highest BCUT2D eigenvalue weighted by Gasteiger charge is 2.34. The van der Waals surface area contributed by atoms with Gasteiger partial charge in [0.25, 0.3) is 3.79 Å². The van der Waals surface area contributed by atoms with Crippen molar-refractivity contribution >= 4 is 46.3 Å². The molecule has 1 aromatic carbocycles. The van der Waals surface area contributed by atoms with E-state index in [9.17, 15) is 4.79 Å². The fraction of sp³-hybridized carbons (Fsp3) is 0.308. The molecule has 18 heavy (non-hydrogen) atoms. The lowest BCUT2D eigenvalue weighted by atomic mass is 10.0. The lowest BCUT2D eigenvalue weighted by Crippen LogP contribution is -2.29. The van der Waals surface area contributed by atoms with Crippen LogP contribution in [0.5, 0.6) is 0 Å². The summed E-state index contributed by atoms with van der Waals surface area (Å²) in [4.78, 5) is 13.9. The van der Waals surface area contributed by atoms with Crippen LogP contribution >= 0.6 is 34.8 Å². The molecule has 0 N–H and O–H groups in total. The fourth-order valence-electron chi connectivity index (χ4n) is 1.93. The van der Waals surface area contributed by atoms with Gasteiger partial charge in [-0.2, -0.15) is 0 Å². The van der Waals surface area contributed by atoms with E-state index < -0.39 is 9.58 Å². The summed E-state index contributed by atoms with van der Waals surface area (Å²) < 4.78 is -1.87. The van der Waals surface area contributed by atoms with Gasteiger partial charge >= 0.3 is 0 Å². The summed E-state index contributed by atoms with van der Waals surface area (Å²) in [5, 5.41) is 0. The average Bonchev–Trinajstić information content (AvgIpc) is 2.38. The second kappa shape index (κ2) is 5.52. The first-order chi connectivity index (χ1) is 8.48. The Bertz CT molecular complexity index is 465. The smallest absolute Gasteiger partial charge is 0.253 e. The van der Waals surface area contributed by atoms with E-state index in [1.807, 2.05) is 35.2 Å². The number of halogens is 3. The highest BCUT2D eigenvalue weighted by molar-refractivity contribution is 6.77. The molecule has 0 spiro atoms. The van der Waals surface area contributed by atoms with Crippen LogP contribution in [0.4, 0.5) is 5.69 Å². The average molecular weight is 305 g/mol. The minimum absolute atomic E-state index is 0.437. The maximum absolute atomic E-state index is 11.9. The molecule has 1 heterocycles. The summed E-state index contributed by atoms with van der Waals surface area (Å²) in [6, 6.07) is 9.82. The number of para-hydroxylation sites is 1. The number of Topliss-reactive ketones (excluding diaryl/α,β-unsaturated/α-hetero) is 1. The predicted octanol–water partition coefficient (Wildman–Crippen LogP) is 4.11. The number of alkyl halides is 3. The Balaban J connectivity index is 2.24. The molecule has 0 unspecified atom stereocenters. The third-order valence-corrected chi connectivity index (χ3v) is 3.31. The number of carbonyl (C=O) groups is 1. The van der Waals surface area contributed by atoms with E-state index in [2.05, 4.69) is 0 Å². The molecule has 5 heteroatoms. The van der Waals surface area contributed by atoms with Crippen molar-refractivity contribution in [3.05, 3.63) is 42.1 Å². The van der Waals surface area contributed by atoms with Crippen molar-refractivity contribution in [2.45, 2.75) is 16.6 Å². The molecule has 0 radical (unpaired) electrons. The summed E-state index contributed by atoms with van der Waals surface area (Å²) >= 11 is 16.9. The number of benzene rings is 1. The van der Waals surface area contributed by atoms with Gasteiger partial charge in [-0.15, -0.1) is 0 Å². The molecule has 2 rings (SSSR count). The maximum atomic E-state index is 11.9. The fourth-order valence-corrected chi connectivity index (χ4v) is 2.30. The van der Waals surface area contributed by atoms with Crippen molar-refractivity contribution in [3.8, 4) is 0 Å². The third kappa shape index (κ3) is 3.19. The first kappa shape index (κ1) is 13.7. The maximum Gasteiger partial charge on any atom is 0.253 e. The molecule has 0 atom stereocenters. The van der Waals surface area contributed by atoms with E-state index in [-0.39, 0.29) is 0 Å². The van der Waals surface area contributed by atoms with Gasteiger partial charge in [0.2, 0.25) is 5.78 Å². The van der Waals surface area contributed by atoms with Crippen molar-refractivity contribution < 1.29 is 4.79 Å². The van der Waals surface area contributed by atoms with E-state index in [1.165, 1.54) is 0 Å². The minimum atomic E-state index is -1.87. The molecule has 96 valence electrons. The van der Waals surface area contributed by atoms with Crippen LogP contribution in [0.1, 0.15) is 12.8 Å². The van der Waals surface area contributed by atoms with E-state index >= 15 is 0 Å². The van der Waals surface area contributed by atoms with Crippen LogP contribution in [0.25, 0.3) is 0 Å². The van der Waals surface area contributed by atoms with Gasteiger partial charge in [0.05, 0.1) is 0 Å². The first-order valence-electron chi connectivity index (χ1n) is 5.62. The van der Waals surface area contributed by atoms with Crippen LogP contribution in [0.15, 0.2) is 42.1 Å². The van der Waals surface area contributed by atoms with Crippen LogP contribution < -0.4 is 4.90 Å². The van der Waals surface area contributed by atoms with Gasteiger partial charge in [-0.25, -0.2) is 0 Å². The SMILES string of the molecule is O=C(C1=CN(c2ccccc2)CCC1)C(Cl)(Cl)Cl. The highest BCUT2D eigenvalue weighted by Crippen LogP contribution is 2.33. The Morgan fingerprint density at radius 2 is 1.83 bits per heavy atom. The Morgan fingerprint density at radius 3 is 2.44 bits per heavy atom. The molecule has 0 saturated carbocycles. The summed E-state index contributed by atoms with van der Waals surface area (Å²) in [5.74, 6) is -0.437. The van der Waals surface area contributed by atoms with E-state index in [4.69, 9.17) is 34.8 Å². The summed E-state index contributed by atoms with van der Waals surface area (Å²) in [6.07, 6.45) is 3.30. The zero-order chi connectivity index (χ0) is 13.2. The number of anilines is 1. The van der Waals surface area contributed by atoms with Gasteiger partial charge in [0, 0.05) is 24.0 Å². The van der Waals surface area contributed by atoms with Gasteiger partial charge in [0.1, 0.15) is 0 Å². The van der Waals surface area contributed by atoms with Gasteiger partial charge in [-0.3, -0.25) is 4.79 Å². The standard InChI is InChI=1S/C13H12Cl3NO/c14-13(15,16)12(18)10-5-4-8-17(9-10)11-6-2-1-3-7-11/h1-3,6-7,9H,4-5,8H2. The molecule has 0 saturated heterocycles. The van der Waals surface area contributed by atoms with Crippen LogP contribution in [-0.4, -0.2) is 16.1 Å². The number of allylic oxidation sites excluding steroid dienone is 1. The lowest BCUT2D eigenvalue weighted by Gasteiger charge is -2.27. The molecule has 2 nitrogen and oxygen atoms in total. The molecule has 1 aliphatic heterocycles. The molecule has 1 aromatic rings. The predicted molar refractivity (Wildman–Crippen MR) is 76.4 cm³/mol. The van der Waals surface area contributed by atoms with Crippen molar-refractivity contribution in [2.24, 2.45) is 0 Å². The summed E-state index contributed by atoms with van der Waals surface area (Å²) in [5.41, 5.74) is 1.59. The number of nitrogens with zero attached hydrogens (tertiary/aromatic N) is 1. The molecule has 0 aliphatic carbocycles. The quantitative estimate of drug-likeness (QED) is 0.766. The number of hydrogen-bond acceptors (Lipinski definition) is 2. The second-order valence-electron chi connectivity index (χ2n) is 4.11. The monoisotopic (exact) mass is 303 g/mol. The van der Waals surface area contributed by atoms with Crippen LogP contribution in [0.3, 0.4) is 0 Å². The van der Waals surface area contributed by atoms with Crippen molar-refractivity contribution in [1.29, 1.82) is 0 Å². The first-order valence-corrected chi connectivity index (χ1v) is 6.76. The summed E-state index contributed by atoms with van der Waals surface area (Å²) in [7, 11) is 0. The van der Waals surface area contributed by atoms with E-state index in [0.717, 1.165) is 18.7 Å². The van der Waals surface area contributed by atoms with Crippen LogP contribution in [0, 0.1) is 0 Å². The topological polar surface area (TPSA) is 20.3 Å². The third-order valence-electron chi connectivity index (χ3n) is 2.79. The van der Waals surface area contributed by atoms with Gasteiger partial charge < -0.3 is 4.90 Å². The van der Waals surface area contributed by atoms with Gasteiger partial charge in [0.15, 0.2) is 0 Å². The second-order valence-corrected chi connectivity index (χ2v) is 6.39. The molecule has 0 bridgehead atoms. The minimum Gasteiger partial charge on any atom is -0.348 e. The number of rotatable bonds is 2. The largest absolute Gasteiger partial charge is 0.348 e. The number of hydrogen-bond donors (Lipinski definition) is 0. The normalized spacial score (nSPS) is 16.4. The Hall–Kier alpha value is -0.700. The molecular formula is C13H12Cl3NO. The number of carbonyl (C=O) groups excluding carboxylic acids is 1. The van der Waals surface area contributed by atoms with Crippen molar-refractivity contribution in [2.75, 3.05) is 11.4 Å². The molecule has 1 aliphatic rings. The van der Waals surface area contributed by atoms with Crippen LogP contribution in [-0.2, 0) is 4.79 Å². The number of ketones is 1. The highest BCUT2D eigenvalue weighted by atomic mass is 35.6. The van der Waals surface area contributed by atoms with Crippen molar-refractivity contribution in [1.82, 2.24) is 0 Å². The molecule has 0 fully saturated rings. The Morgan fingerprint density at radius 1 is 1.17 bits per heavy atom. The van der Waals surface area contributed by atoms with E-state index in [1.54, 1.807) is 6.20 Å². The Kier molecular flexibility index (Phi) is 4.21. The van der Waals surface area contributed by atoms with Gasteiger partial charge in [-0.05, 0) is 25.0 Å². The molecular weight excluding hydrogens is 293 g/mol. The lowest BCUT2D eigenvalue weighted by molar-refractivity contribution is -0.115. The van der Waals surface area contributed by atoms with Crippen LogP contribution in [0.2, 0.25) is 0 Å². The molecule has 0 amide bonds.